The van der Waals surface area contributed by atoms with E-state index in [2.05, 4.69) is 10.3 Å². The first kappa shape index (κ1) is 16.1. The lowest BCUT2D eigenvalue weighted by Crippen LogP contribution is -2.38. The zero-order valence-corrected chi connectivity index (χ0v) is 12.6. The molecule has 0 aliphatic carbocycles. The van der Waals surface area contributed by atoms with Crippen molar-refractivity contribution in [3.8, 4) is 5.88 Å². The number of rotatable bonds is 6. The average Bonchev–Trinajstić information content (AvgIpc) is 3.02. The minimum absolute atomic E-state index is 0.241. The van der Waals surface area contributed by atoms with Gasteiger partial charge in [0.05, 0.1) is 12.5 Å². The van der Waals surface area contributed by atoms with E-state index in [0.717, 1.165) is 12.0 Å². The van der Waals surface area contributed by atoms with Crippen molar-refractivity contribution in [2.75, 3.05) is 19.7 Å². The maximum atomic E-state index is 12.0. The monoisotopic (exact) mass is 307 g/mol. The van der Waals surface area contributed by atoms with E-state index in [-0.39, 0.29) is 12.6 Å². The Hall–Kier alpha value is -2.31. The van der Waals surface area contributed by atoms with Crippen LogP contribution in [0.5, 0.6) is 5.88 Å². The molecule has 2 amide bonds. The molecular formula is C15H21N3O4. The number of carboxylic acids is 1. The number of ether oxygens (including phenoxy) is 1. The number of amides is 2. The molecule has 1 atom stereocenters. The Morgan fingerprint density at radius 1 is 1.50 bits per heavy atom. The van der Waals surface area contributed by atoms with Crippen LogP contribution in [0.15, 0.2) is 18.3 Å². The van der Waals surface area contributed by atoms with Crippen molar-refractivity contribution in [1.29, 1.82) is 0 Å². The zero-order chi connectivity index (χ0) is 15.9. The number of aromatic nitrogens is 1. The predicted molar refractivity (Wildman–Crippen MR) is 79.6 cm³/mol. The highest BCUT2D eigenvalue weighted by molar-refractivity contribution is 5.77. The van der Waals surface area contributed by atoms with Gasteiger partial charge in [-0.3, -0.25) is 4.79 Å². The fraction of sp³-hybridized carbons (Fsp3) is 0.533. The number of likely N-dealkylation sites (tertiary alicyclic amines) is 1. The first-order valence-electron chi connectivity index (χ1n) is 7.43. The lowest BCUT2D eigenvalue weighted by atomic mass is 10.1. The van der Waals surface area contributed by atoms with Gasteiger partial charge >= 0.3 is 12.0 Å². The highest BCUT2D eigenvalue weighted by Gasteiger charge is 2.30. The van der Waals surface area contributed by atoms with Crippen LogP contribution in [0.25, 0.3) is 0 Å². The molecule has 0 saturated carbocycles. The Kier molecular flexibility index (Phi) is 5.57. The topological polar surface area (TPSA) is 91.8 Å². The minimum atomic E-state index is -0.845. The number of carbonyl (C=O) groups is 2. The minimum Gasteiger partial charge on any atom is -0.481 e. The molecule has 1 saturated heterocycles. The van der Waals surface area contributed by atoms with Gasteiger partial charge in [0, 0.05) is 31.9 Å². The molecule has 1 aliphatic rings. The van der Waals surface area contributed by atoms with E-state index in [0.29, 0.717) is 32.0 Å². The number of carbonyl (C=O) groups excluding carboxylic acids is 1. The second kappa shape index (κ2) is 7.63. The summed E-state index contributed by atoms with van der Waals surface area (Å²) in [7, 11) is 0. The molecule has 0 radical (unpaired) electrons. The number of hydrogen-bond acceptors (Lipinski definition) is 4. The molecule has 1 aliphatic heterocycles. The molecular weight excluding hydrogens is 286 g/mol. The standard InChI is InChI=1S/C15H21N3O4/c1-2-7-22-13-4-3-11(8-16-13)9-17-15(21)18-6-5-12(10-18)14(19)20/h3-4,8,12H,2,5-7,9-10H2,1H3,(H,17,21)(H,19,20). The quantitative estimate of drug-likeness (QED) is 0.830. The summed E-state index contributed by atoms with van der Waals surface area (Å²) < 4.78 is 5.39. The van der Waals surface area contributed by atoms with Gasteiger partial charge in [0.25, 0.3) is 0 Å². The molecule has 2 heterocycles. The maximum absolute atomic E-state index is 12.0. The second-order valence-electron chi connectivity index (χ2n) is 5.28. The van der Waals surface area contributed by atoms with E-state index < -0.39 is 11.9 Å². The summed E-state index contributed by atoms with van der Waals surface area (Å²) in [6.07, 6.45) is 3.09. The zero-order valence-electron chi connectivity index (χ0n) is 12.6. The summed E-state index contributed by atoms with van der Waals surface area (Å²) in [6, 6.07) is 3.38. The average molecular weight is 307 g/mol. The molecule has 0 bridgehead atoms. The number of urea groups is 1. The molecule has 2 rings (SSSR count). The van der Waals surface area contributed by atoms with Crippen molar-refractivity contribution in [3.05, 3.63) is 23.9 Å². The predicted octanol–water partition coefficient (Wildman–Crippen LogP) is 1.49. The molecule has 1 fully saturated rings. The molecule has 2 N–H and O–H groups in total. The largest absolute Gasteiger partial charge is 0.481 e. The summed E-state index contributed by atoms with van der Waals surface area (Å²) in [5.74, 6) is -0.731. The van der Waals surface area contributed by atoms with Gasteiger partial charge in [-0.1, -0.05) is 13.0 Å². The number of nitrogens with one attached hydrogen (secondary N) is 1. The van der Waals surface area contributed by atoms with Gasteiger partial charge in [-0.05, 0) is 18.4 Å². The van der Waals surface area contributed by atoms with Gasteiger partial charge in [0.15, 0.2) is 0 Å². The van der Waals surface area contributed by atoms with Crippen molar-refractivity contribution in [3.63, 3.8) is 0 Å². The maximum Gasteiger partial charge on any atom is 0.317 e. The van der Waals surface area contributed by atoms with E-state index >= 15 is 0 Å². The first-order chi connectivity index (χ1) is 10.6. The highest BCUT2D eigenvalue weighted by Crippen LogP contribution is 2.16. The Balaban J connectivity index is 1.78. The number of nitrogens with zero attached hydrogens (tertiary/aromatic N) is 2. The van der Waals surface area contributed by atoms with Crippen LogP contribution in [0.3, 0.4) is 0 Å². The van der Waals surface area contributed by atoms with Gasteiger partial charge in [-0.15, -0.1) is 0 Å². The Labute approximate surface area is 129 Å². The molecule has 1 aromatic heterocycles. The van der Waals surface area contributed by atoms with E-state index in [9.17, 15) is 9.59 Å². The van der Waals surface area contributed by atoms with Crippen LogP contribution >= 0.6 is 0 Å². The molecule has 120 valence electrons. The highest BCUT2D eigenvalue weighted by atomic mass is 16.5. The second-order valence-corrected chi connectivity index (χ2v) is 5.28. The van der Waals surface area contributed by atoms with Gasteiger partial charge < -0.3 is 20.1 Å². The summed E-state index contributed by atoms with van der Waals surface area (Å²) in [5, 5.41) is 11.7. The van der Waals surface area contributed by atoms with Gasteiger partial charge in [0.1, 0.15) is 0 Å². The lowest BCUT2D eigenvalue weighted by Gasteiger charge is -2.16. The Morgan fingerprint density at radius 3 is 2.91 bits per heavy atom. The molecule has 22 heavy (non-hydrogen) atoms. The number of carboxylic acid groups (broad SMARTS) is 1. The first-order valence-corrected chi connectivity index (χ1v) is 7.43. The van der Waals surface area contributed by atoms with E-state index in [1.54, 1.807) is 12.3 Å². The van der Waals surface area contributed by atoms with Crippen molar-refractivity contribution in [2.45, 2.75) is 26.3 Å². The van der Waals surface area contributed by atoms with Crippen LogP contribution in [0.1, 0.15) is 25.3 Å². The molecule has 1 unspecified atom stereocenters. The molecule has 7 nitrogen and oxygen atoms in total. The van der Waals surface area contributed by atoms with Crippen molar-refractivity contribution >= 4 is 12.0 Å². The SMILES string of the molecule is CCCOc1ccc(CNC(=O)N2CCC(C(=O)O)C2)cn1. The number of hydrogen-bond donors (Lipinski definition) is 2. The van der Waals surface area contributed by atoms with Gasteiger partial charge in [0.2, 0.25) is 5.88 Å². The van der Waals surface area contributed by atoms with E-state index in [1.807, 2.05) is 13.0 Å². The fourth-order valence-electron chi connectivity index (χ4n) is 2.24. The van der Waals surface area contributed by atoms with E-state index in [4.69, 9.17) is 9.84 Å². The Bertz CT molecular complexity index is 518. The third-order valence-corrected chi connectivity index (χ3v) is 3.52. The summed E-state index contributed by atoms with van der Waals surface area (Å²) >= 11 is 0. The summed E-state index contributed by atoms with van der Waals surface area (Å²) in [6.45, 7) is 3.75. The van der Waals surface area contributed by atoms with Crippen molar-refractivity contribution in [1.82, 2.24) is 15.2 Å². The normalized spacial score (nSPS) is 17.3. The molecule has 7 heteroatoms. The van der Waals surface area contributed by atoms with Crippen molar-refractivity contribution < 1.29 is 19.4 Å². The summed E-state index contributed by atoms with van der Waals surface area (Å²) in [5.41, 5.74) is 0.867. The molecule has 1 aromatic rings. The third-order valence-electron chi connectivity index (χ3n) is 3.52. The van der Waals surface area contributed by atoms with Gasteiger partial charge in [-0.2, -0.15) is 0 Å². The summed E-state index contributed by atoms with van der Waals surface area (Å²) in [4.78, 5) is 28.5. The lowest BCUT2D eigenvalue weighted by molar-refractivity contribution is -0.141. The van der Waals surface area contributed by atoms with Crippen LogP contribution in [-0.4, -0.2) is 46.7 Å². The number of aliphatic carboxylic acids is 1. The Morgan fingerprint density at radius 2 is 2.32 bits per heavy atom. The fourth-order valence-corrected chi connectivity index (χ4v) is 2.24. The molecule has 0 spiro atoms. The van der Waals surface area contributed by atoms with Crippen LogP contribution < -0.4 is 10.1 Å². The van der Waals surface area contributed by atoms with Crippen molar-refractivity contribution in [2.24, 2.45) is 5.92 Å². The van der Waals surface area contributed by atoms with Crippen LogP contribution in [0.2, 0.25) is 0 Å². The van der Waals surface area contributed by atoms with E-state index in [1.165, 1.54) is 4.90 Å². The molecule has 0 aromatic carbocycles. The van der Waals surface area contributed by atoms with Crippen LogP contribution in [0.4, 0.5) is 4.79 Å². The van der Waals surface area contributed by atoms with Crippen LogP contribution in [-0.2, 0) is 11.3 Å². The van der Waals surface area contributed by atoms with Crippen LogP contribution in [0, 0.1) is 5.92 Å². The smallest absolute Gasteiger partial charge is 0.317 e. The number of pyridine rings is 1. The third kappa shape index (κ3) is 4.34. The van der Waals surface area contributed by atoms with Gasteiger partial charge in [-0.25, -0.2) is 9.78 Å².